The van der Waals surface area contributed by atoms with Crippen molar-refractivity contribution < 1.29 is 14.8 Å². The molecule has 0 aliphatic carbocycles. The maximum Gasteiger partial charge on any atom is 0.340 e. The molecule has 0 saturated heterocycles. The van der Waals surface area contributed by atoms with Crippen LogP contribution in [0.5, 0.6) is 0 Å². The summed E-state index contributed by atoms with van der Waals surface area (Å²) in [4.78, 5) is 49.0. The van der Waals surface area contributed by atoms with Gasteiger partial charge in [0.1, 0.15) is 0 Å². The van der Waals surface area contributed by atoms with Crippen LogP contribution in [0.1, 0.15) is 11.1 Å². The Morgan fingerprint density at radius 3 is 1.72 bits per heavy atom. The fourth-order valence-electron chi connectivity index (χ4n) is 3.42. The molecule has 4 rings (SSSR count). The van der Waals surface area contributed by atoms with E-state index in [1.165, 1.54) is 8.52 Å². The summed E-state index contributed by atoms with van der Waals surface area (Å²) in [5.41, 5.74) is -2.28. The van der Waals surface area contributed by atoms with Gasteiger partial charge in [0.05, 0.1) is 40.0 Å². The lowest BCUT2D eigenvalue weighted by Gasteiger charge is -2.03. The van der Waals surface area contributed by atoms with Crippen LogP contribution in [-0.2, 0) is 13.1 Å². The molecule has 0 N–H and O–H groups in total. The molecule has 0 fully saturated rings. The van der Waals surface area contributed by atoms with Crippen LogP contribution in [0.3, 0.4) is 0 Å². The van der Waals surface area contributed by atoms with Crippen molar-refractivity contribution in [2.75, 3.05) is 0 Å². The predicted molar refractivity (Wildman–Crippen MR) is 129 cm³/mol. The van der Waals surface area contributed by atoms with E-state index in [1.807, 2.05) is 18.2 Å². The molecule has 0 aliphatic heterocycles. The second-order valence-electron chi connectivity index (χ2n) is 7.47. The van der Waals surface area contributed by atoms with Crippen LogP contribution in [0.25, 0.3) is 0 Å². The summed E-state index contributed by atoms with van der Waals surface area (Å²) in [6, 6.07) is 19.2. The summed E-state index contributed by atoms with van der Waals surface area (Å²) in [6.07, 6.45) is 0. The van der Waals surface area contributed by atoms with E-state index in [4.69, 9.17) is 0 Å². The van der Waals surface area contributed by atoms with Gasteiger partial charge in [0.2, 0.25) is 10.5 Å². The van der Waals surface area contributed by atoms with Crippen LogP contribution in [-0.4, -0.2) is 23.3 Å². The summed E-state index contributed by atoms with van der Waals surface area (Å²) >= 11 is 0.868. The third-order valence-electron chi connectivity index (χ3n) is 5.09. The maximum absolute atomic E-state index is 13.3. The lowest BCUT2D eigenvalue weighted by Crippen LogP contribution is -2.30. The maximum atomic E-state index is 13.3. The molecule has 4 aromatic rings. The molecule has 0 radical (unpaired) electrons. The van der Waals surface area contributed by atoms with Crippen molar-refractivity contribution in [3.8, 4) is 0 Å². The van der Waals surface area contributed by atoms with Crippen molar-refractivity contribution in [2.45, 2.75) is 13.1 Å². The van der Waals surface area contributed by atoms with Crippen LogP contribution in [0, 0.1) is 30.3 Å². The van der Waals surface area contributed by atoms with E-state index >= 15 is 0 Å². The lowest BCUT2D eigenvalue weighted by molar-refractivity contribution is -0.402. The van der Waals surface area contributed by atoms with Gasteiger partial charge in [-0.2, -0.15) is 0 Å². The van der Waals surface area contributed by atoms with E-state index in [1.54, 1.807) is 42.5 Å². The largest absolute Gasteiger partial charge is 0.340 e. The molecule has 0 aliphatic rings. The van der Waals surface area contributed by atoms with Crippen LogP contribution in [0.4, 0.5) is 22.7 Å². The Bertz CT molecular complexity index is 1560. The first-order chi connectivity index (χ1) is 17.2. The SMILES string of the molecule is O=c1n(Cc2ccccc2)sc(=Nc2c([N+](=O)[O-])cc([N+](=O)[O-])cc2[N+](=O)[O-])n1Cc1ccccc1. The summed E-state index contributed by atoms with van der Waals surface area (Å²) < 4.78 is 2.62. The van der Waals surface area contributed by atoms with E-state index in [-0.39, 0.29) is 17.9 Å². The Kier molecular flexibility index (Phi) is 6.78. The molecule has 14 heteroatoms. The Morgan fingerprint density at radius 2 is 1.25 bits per heavy atom. The minimum atomic E-state index is -0.982. The molecule has 182 valence electrons. The predicted octanol–water partition coefficient (Wildman–Crippen LogP) is 3.76. The second kappa shape index (κ2) is 10.1. The van der Waals surface area contributed by atoms with Crippen molar-refractivity contribution in [1.82, 2.24) is 8.52 Å². The minimum Gasteiger partial charge on any atom is -0.263 e. The van der Waals surface area contributed by atoms with Crippen molar-refractivity contribution in [3.05, 3.63) is 130 Å². The van der Waals surface area contributed by atoms with Gasteiger partial charge in [0, 0.05) is 0 Å². The molecule has 13 nitrogen and oxygen atoms in total. The Balaban J connectivity index is 1.97. The number of benzene rings is 3. The van der Waals surface area contributed by atoms with E-state index in [9.17, 15) is 35.1 Å². The summed E-state index contributed by atoms with van der Waals surface area (Å²) in [5, 5.41) is 34.5. The zero-order valence-corrected chi connectivity index (χ0v) is 19.1. The van der Waals surface area contributed by atoms with E-state index in [0.29, 0.717) is 12.1 Å². The second-order valence-corrected chi connectivity index (χ2v) is 8.45. The van der Waals surface area contributed by atoms with Gasteiger partial charge in [-0.1, -0.05) is 60.7 Å². The molecule has 0 atom stereocenters. The average Bonchev–Trinajstić information content (AvgIpc) is 3.13. The number of aromatic nitrogens is 2. The van der Waals surface area contributed by atoms with E-state index in [2.05, 4.69) is 4.99 Å². The highest BCUT2D eigenvalue weighted by atomic mass is 32.1. The molecule has 0 saturated carbocycles. The first-order valence-electron chi connectivity index (χ1n) is 10.3. The number of non-ortho nitro benzene ring substituents is 1. The molecule has 1 aromatic heterocycles. The van der Waals surface area contributed by atoms with Crippen LogP contribution >= 0.6 is 11.5 Å². The fraction of sp³-hybridized carbons (Fsp3) is 0.0909. The first-order valence-corrected chi connectivity index (χ1v) is 11.1. The van der Waals surface area contributed by atoms with Gasteiger partial charge in [-0.3, -0.25) is 34.9 Å². The Labute approximate surface area is 205 Å². The van der Waals surface area contributed by atoms with Crippen LogP contribution < -0.4 is 10.5 Å². The third-order valence-corrected chi connectivity index (χ3v) is 6.07. The highest BCUT2D eigenvalue weighted by Crippen LogP contribution is 2.40. The molecule has 36 heavy (non-hydrogen) atoms. The summed E-state index contributed by atoms with van der Waals surface area (Å²) in [7, 11) is 0. The van der Waals surface area contributed by atoms with Crippen molar-refractivity contribution in [2.24, 2.45) is 4.99 Å². The van der Waals surface area contributed by atoms with Crippen LogP contribution in [0.15, 0.2) is 82.6 Å². The number of hydrogen-bond donors (Lipinski definition) is 0. The molecule has 3 aromatic carbocycles. The first kappa shape index (κ1) is 24.2. The van der Waals surface area contributed by atoms with Gasteiger partial charge >= 0.3 is 17.1 Å². The monoisotopic (exact) mass is 508 g/mol. The molecular formula is C22H16N6O7S. The van der Waals surface area contributed by atoms with Gasteiger partial charge in [-0.05, 0) is 22.7 Å². The highest BCUT2D eigenvalue weighted by molar-refractivity contribution is 7.03. The van der Waals surface area contributed by atoms with Gasteiger partial charge in [0.15, 0.2) is 0 Å². The number of nitro groups is 3. The Morgan fingerprint density at radius 1 is 0.750 bits per heavy atom. The highest BCUT2D eigenvalue weighted by Gasteiger charge is 2.31. The molecule has 1 heterocycles. The standard InChI is InChI=1S/C22H16N6O7S/c29-22-24(13-15-7-3-1-4-8-15)21(36-25(22)14-16-9-5-2-6-10-16)23-20-18(27(32)33)11-17(26(30)31)12-19(20)28(34)35/h1-12H,13-14H2. The molecule has 0 unspecified atom stereocenters. The smallest absolute Gasteiger partial charge is 0.263 e. The summed E-state index contributed by atoms with van der Waals surface area (Å²) in [5.74, 6) is 0. The van der Waals surface area contributed by atoms with Gasteiger partial charge in [-0.25, -0.2) is 13.7 Å². The van der Waals surface area contributed by atoms with Gasteiger partial charge < -0.3 is 0 Å². The average molecular weight is 508 g/mol. The van der Waals surface area contributed by atoms with Crippen LogP contribution in [0.2, 0.25) is 0 Å². The normalized spacial score (nSPS) is 11.4. The van der Waals surface area contributed by atoms with Gasteiger partial charge in [0.25, 0.3) is 5.69 Å². The topological polar surface area (TPSA) is 169 Å². The zero-order valence-electron chi connectivity index (χ0n) is 18.3. The minimum absolute atomic E-state index is 0.0418. The van der Waals surface area contributed by atoms with E-state index < -0.39 is 43.2 Å². The molecule has 0 amide bonds. The van der Waals surface area contributed by atoms with E-state index in [0.717, 1.165) is 22.7 Å². The fourth-order valence-corrected chi connectivity index (χ4v) is 4.38. The molecular weight excluding hydrogens is 492 g/mol. The van der Waals surface area contributed by atoms with Crippen molar-refractivity contribution in [3.63, 3.8) is 0 Å². The zero-order chi connectivity index (χ0) is 25.8. The number of nitro benzene ring substituents is 3. The molecule has 0 spiro atoms. The summed E-state index contributed by atoms with van der Waals surface area (Å²) in [6.45, 7) is 0.227. The van der Waals surface area contributed by atoms with Crippen molar-refractivity contribution in [1.29, 1.82) is 0 Å². The lowest BCUT2D eigenvalue weighted by atomic mass is 10.2. The quantitative estimate of drug-likeness (QED) is 0.258. The van der Waals surface area contributed by atoms with Gasteiger partial charge in [-0.15, -0.1) is 0 Å². The number of rotatable bonds is 8. The Hall–Kier alpha value is -4.98. The number of hydrogen-bond acceptors (Lipinski definition) is 9. The third kappa shape index (κ3) is 5.07. The molecule has 0 bridgehead atoms. The van der Waals surface area contributed by atoms with Crippen molar-refractivity contribution >= 4 is 34.3 Å². The number of nitrogens with zero attached hydrogens (tertiary/aromatic N) is 6.